The van der Waals surface area contributed by atoms with Gasteiger partial charge in [-0.2, -0.15) is 0 Å². The van der Waals surface area contributed by atoms with Crippen LogP contribution in [-0.4, -0.2) is 35.7 Å². The highest BCUT2D eigenvalue weighted by Gasteiger charge is 2.29. The molecule has 1 aliphatic heterocycles. The molecule has 1 fully saturated rings. The average Bonchev–Trinajstić information content (AvgIpc) is 2.76. The smallest absolute Gasteiger partial charge is 0.0589 e. The summed E-state index contributed by atoms with van der Waals surface area (Å²) in [5.74, 6) is 0.657. The third kappa shape index (κ3) is 3.56. The number of aryl methyl sites for hydroxylation is 1. The highest BCUT2D eigenvalue weighted by molar-refractivity contribution is 5.14. The van der Waals surface area contributed by atoms with E-state index in [1.165, 1.54) is 31.2 Å². The Labute approximate surface area is 111 Å². The highest BCUT2D eigenvalue weighted by Crippen LogP contribution is 2.23. The van der Waals surface area contributed by atoms with E-state index in [1.807, 2.05) is 0 Å². The van der Waals surface area contributed by atoms with Crippen molar-refractivity contribution in [2.75, 3.05) is 19.7 Å². The first-order valence-electron chi connectivity index (χ1n) is 7.20. The number of hydrogen-bond acceptors (Lipinski definition) is 2. The van der Waals surface area contributed by atoms with E-state index in [4.69, 9.17) is 0 Å². The van der Waals surface area contributed by atoms with Crippen LogP contribution in [0.2, 0.25) is 0 Å². The van der Waals surface area contributed by atoms with Crippen molar-refractivity contribution < 1.29 is 5.11 Å². The van der Waals surface area contributed by atoms with Gasteiger partial charge < -0.3 is 5.11 Å². The molecule has 0 spiro atoms. The Balaban J connectivity index is 1.67. The lowest BCUT2D eigenvalue weighted by Gasteiger charge is -2.24. The molecular weight excluding hydrogens is 222 g/mol. The summed E-state index contributed by atoms with van der Waals surface area (Å²) in [6.07, 6.45) is 4.89. The fraction of sp³-hybridized carbons (Fsp3) is 0.625. The van der Waals surface area contributed by atoms with Crippen molar-refractivity contribution in [1.82, 2.24) is 4.90 Å². The molecule has 0 radical (unpaired) electrons. The second kappa shape index (κ2) is 6.91. The molecule has 2 nitrogen and oxygen atoms in total. The summed E-state index contributed by atoms with van der Waals surface area (Å²) in [5.41, 5.74) is 1.44. The third-order valence-electron chi connectivity index (χ3n) is 4.19. The first-order chi connectivity index (χ1) is 8.81. The molecule has 1 aromatic rings. The molecule has 100 valence electrons. The van der Waals surface area contributed by atoms with Crippen LogP contribution in [0.4, 0.5) is 0 Å². The van der Waals surface area contributed by atoms with Gasteiger partial charge in [-0.25, -0.2) is 0 Å². The van der Waals surface area contributed by atoms with Crippen LogP contribution >= 0.6 is 0 Å². The fourth-order valence-corrected chi connectivity index (χ4v) is 2.95. The Hall–Kier alpha value is -0.860. The molecular formula is C16H25NO. The van der Waals surface area contributed by atoms with Gasteiger partial charge in [0.05, 0.1) is 6.61 Å². The number of likely N-dealkylation sites (tertiary alicyclic amines) is 1. The van der Waals surface area contributed by atoms with Gasteiger partial charge in [-0.3, -0.25) is 4.90 Å². The maximum Gasteiger partial charge on any atom is 0.0589 e. The minimum absolute atomic E-state index is 0.319. The molecule has 0 aliphatic carbocycles. The van der Waals surface area contributed by atoms with E-state index < -0.39 is 0 Å². The molecule has 0 bridgehead atoms. The average molecular weight is 247 g/mol. The lowest BCUT2D eigenvalue weighted by Crippen LogP contribution is -2.35. The van der Waals surface area contributed by atoms with Crippen molar-refractivity contribution in [3.8, 4) is 0 Å². The number of aliphatic hydroxyl groups excluding tert-OH is 1. The lowest BCUT2D eigenvalue weighted by atomic mass is 10.0. The van der Waals surface area contributed by atoms with Crippen LogP contribution in [0.15, 0.2) is 30.3 Å². The summed E-state index contributed by atoms with van der Waals surface area (Å²) in [7, 11) is 0. The molecule has 0 aromatic heterocycles. The number of aliphatic hydroxyl groups is 1. The minimum Gasteiger partial charge on any atom is -0.395 e. The van der Waals surface area contributed by atoms with Crippen molar-refractivity contribution in [1.29, 1.82) is 0 Å². The van der Waals surface area contributed by atoms with E-state index in [-0.39, 0.29) is 0 Å². The summed E-state index contributed by atoms with van der Waals surface area (Å²) in [4.78, 5) is 2.47. The second-order valence-electron chi connectivity index (χ2n) is 5.49. The minimum atomic E-state index is 0.319. The van der Waals surface area contributed by atoms with E-state index in [1.54, 1.807) is 0 Å². The number of nitrogens with zero attached hydrogens (tertiary/aromatic N) is 1. The van der Waals surface area contributed by atoms with Crippen LogP contribution in [0.3, 0.4) is 0 Å². The molecule has 1 heterocycles. The zero-order valence-electron chi connectivity index (χ0n) is 11.4. The van der Waals surface area contributed by atoms with Crippen molar-refractivity contribution in [2.45, 2.75) is 38.6 Å². The van der Waals surface area contributed by atoms with Crippen LogP contribution in [0.25, 0.3) is 0 Å². The Morgan fingerprint density at radius 2 is 2.00 bits per heavy atom. The van der Waals surface area contributed by atoms with Crippen molar-refractivity contribution >= 4 is 0 Å². The maximum atomic E-state index is 9.40. The van der Waals surface area contributed by atoms with Gasteiger partial charge in [0.15, 0.2) is 0 Å². The predicted molar refractivity (Wildman–Crippen MR) is 75.6 cm³/mol. The summed E-state index contributed by atoms with van der Waals surface area (Å²) in [5, 5.41) is 9.40. The first-order valence-corrected chi connectivity index (χ1v) is 7.20. The number of rotatable bonds is 6. The molecule has 1 aliphatic rings. The van der Waals surface area contributed by atoms with E-state index in [0.717, 1.165) is 13.1 Å². The van der Waals surface area contributed by atoms with Crippen LogP contribution in [0.5, 0.6) is 0 Å². The molecule has 1 saturated heterocycles. The van der Waals surface area contributed by atoms with E-state index in [2.05, 4.69) is 42.2 Å². The Kier molecular flexibility index (Phi) is 5.21. The standard InChI is InChI=1S/C16H25NO/c1-14-10-12-17(16(14)13-18)11-6-5-9-15-7-3-2-4-8-15/h2-4,7-8,14,16,18H,5-6,9-13H2,1H3. The first kappa shape index (κ1) is 13.6. The number of benzene rings is 1. The van der Waals surface area contributed by atoms with E-state index in [0.29, 0.717) is 18.6 Å². The zero-order chi connectivity index (χ0) is 12.8. The molecule has 18 heavy (non-hydrogen) atoms. The topological polar surface area (TPSA) is 23.5 Å². The van der Waals surface area contributed by atoms with Gasteiger partial charge in [-0.05, 0) is 50.3 Å². The molecule has 0 saturated carbocycles. The van der Waals surface area contributed by atoms with E-state index in [9.17, 15) is 5.11 Å². The van der Waals surface area contributed by atoms with Crippen LogP contribution in [0.1, 0.15) is 31.7 Å². The van der Waals surface area contributed by atoms with Gasteiger partial charge in [-0.1, -0.05) is 37.3 Å². The van der Waals surface area contributed by atoms with Gasteiger partial charge in [0.1, 0.15) is 0 Å². The Morgan fingerprint density at radius 1 is 1.22 bits per heavy atom. The quantitative estimate of drug-likeness (QED) is 0.781. The van der Waals surface area contributed by atoms with Gasteiger partial charge in [0.25, 0.3) is 0 Å². The summed E-state index contributed by atoms with van der Waals surface area (Å²) >= 11 is 0. The summed E-state index contributed by atoms with van der Waals surface area (Å²) in [6.45, 7) is 4.88. The fourth-order valence-electron chi connectivity index (χ4n) is 2.95. The van der Waals surface area contributed by atoms with Crippen LogP contribution < -0.4 is 0 Å². The lowest BCUT2D eigenvalue weighted by molar-refractivity contribution is 0.138. The second-order valence-corrected chi connectivity index (χ2v) is 5.49. The molecule has 2 heteroatoms. The molecule has 2 atom stereocenters. The van der Waals surface area contributed by atoms with Gasteiger partial charge in [0, 0.05) is 6.04 Å². The van der Waals surface area contributed by atoms with Gasteiger partial charge in [0.2, 0.25) is 0 Å². The van der Waals surface area contributed by atoms with Crippen LogP contribution in [-0.2, 0) is 6.42 Å². The largest absolute Gasteiger partial charge is 0.395 e. The van der Waals surface area contributed by atoms with E-state index >= 15 is 0 Å². The van der Waals surface area contributed by atoms with Crippen LogP contribution in [0, 0.1) is 5.92 Å². The normalized spacial score (nSPS) is 24.6. The van der Waals surface area contributed by atoms with Gasteiger partial charge in [-0.15, -0.1) is 0 Å². The summed E-state index contributed by atoms with van der Waals surface area (Å²) < 4.78 is 0. The Morgan fingerprint density at radius 3 is 2.72 bits per heavy atom. The third-order valence-corrected chi connectivity index (χ3v) is 4.19. The predicted octanol–water partition coefficient (Wildman–Crippen LogP) is 2.71. The number of unbranched alkanes of at least 4 members (excludes halogenated alkanes) is 1. The monoisotopic (exact) mass is 247 g/mol. The SMILES string of the molecule is CC1CCN(CCCCc2ccccc2)C1CO. The molecule has 1 aromatic carbocycles. The number of hydrogen-bond donors (Lipinski definition) is 1. The Bertz CT molecular complexity index is 338. The van der Waals surface area contributed by atoms with Crippen molar-refractivity contribution in [2.24, 2.45) is 5.92 Å². The van der Waals surface area contributed by atoms with Crippen molar-refractivity contribution in [3.05, 3.63) is 35.9 Å². The maximum absolute atomic E-state index is 9.40. The van der Waals surface area contributed by atoms with Crippen molar-refractivity contribution in [3.63, 3.8) is 0 Å². The highest BCUT2D eigenvalue weighted by atomic mass is 16.3. The molecule has 1 N–H and O–H groups in total. The summed E-state index contributed by atoms with van der Waals surface area (Å²) in [6, 6.07) is 11.1. The zero-order valence-corrected chi connectivity index (χ0v) is 11.4. The van der Waals surface area contributed by atoms with Gasteiger partial charge >= 0.3 is 0 Å². The molecule has 2 rings (SSSR count). The molecule has 0 amide bonds. The molecule has 2 unspecified atom stereocenters.